The number of aryl methyl sites for hydroxylation is 1. The summed E-state index contributed by atoms with van der Waals surface area (Å²) in [6.45, 7) is 8.13. The molecule has 1 aromatic carbocycles. The Morgan fingerprint density at radius 3 is 2.40 bits per heavy atom. The molecule has 0 atom stereocenters. The van der Waals surface area contributed by atoms with Crippen molar-refractivity contribution in [3.8, 4) is 5.75 Å². The lowest BCUT2D eigenvalue weighted by Crippen LogP contribution is -2.29. The third-order valence-electron chi connectivity index (χ3n) is 1.85. The molecule has 0 fully saturated rings. The van der Waals surface area contributed by atoms with Gasteiger partial charge in [0.05, 0.1) is 5.56 Å². The maximum Gasteiger partial charge on any atom is 0.335 e. The highest BCUT2D eigenvalue weighted by Crippen LogP contribution is 2.22. The van der Waals surface area contributed by atoms with E-state index in [0.717, 1.165) is 5.56 Å². The van der Waals surface area contributed by atoms with Crippen molar-refractivity contribution in [1.29, 1.82) is 0 Å². The minimum Gasteiger partial charge on any atom is -0.544 e. The Morgan fingerprint density at radius 2 is 1.93 bits per heavy atom. The molecule has 3 nitrogen and oxygen atoms in total. The van der Waals surface area contributed by atoms with E-state index in [9.17, 15) is 4.79 Å². The van der Waals surface area contributed by atoms with E-state index in [1.165, 1.54) is 0 Å². The molecule has 0 bridgehead atoms. The van der Waals surface area contributed by atoms with Crippen LogP contribution >= 0.6 is 0 Å². The van der Waals surface area contributed by atoms with E-state index in [1.54, 1.807) is 18.2 Å². The van der Waals surface area contributed by atoms with Gasteiger partial charge >= 0.3 is 5.97 Å². The van der Waals surface area contributed by atoms with Gasteiger partial charge in [-0.1, -0.05) is 6.07 Å². The van der Waals surface area contributed by atoms with Crippen LogP contribution in [0.2, 0.25) is 19.6 Å². The molecule has 15 heavy (non-hydrogen) atoms. The zero-order chi connectivity index (χ0) is 11.6. The SMILES string of the molecule is Cc1ccc(C(=O)O)cc1O[Si](C)(C)C. The van der Waals surface area contributed by atoms with Crippen LogP contribution in [0.5, 0.6) is 5.75 Å². The predicted molar refractivity (Wildman–Crippen MR) is 62.1 cm³/mol. The molecule has 0 aliphatic heterocycles. The van der Waals surface area contributed by atoms with E-state index in [2.05, 4.69) is 19.6 Å². The second-order valence-electron chi connectivity index (χ2n) is 4.50. The number of carboxylic acid groups (broad SMARTS) is 1. The second-order valence-corrected chi connectivity index (χ2v) is 8.93. The first-order chi connectivity index (χ1) is 6.79. The molecule has 0 aromatic heterocycles. The summed E-state index contributed by atoms with van der Waals surface area (Å²) in [5, 5.41) is 8.85. The summed E-state index contributed by atoms with van der Waals surface area (Å²) in [6.07, 6.45) is 0. The minimum atomic E-state index is -1.68. The molecule has 82 valence electrons. The van der Waals surface area contributed by atoms with Gasteiger partial charge in [-0.2, -0.15) is 0 Å². The molecule has 0 amide bonds. The molecule has 0 spiro atoms. The molecule has 0 unspecified atom stereocenters. The molecule has 4 heteroatoms. The first-order valence-corrected chi connectivity index (χ1v) is 8.23. The Hall–Kier alpha value is -1.29. The molecule has 0 saturated carbocycles. The van der Waals surface area contributed by atoms with Gasteiger partial charge in [0.25, 0.3) is 0 Å². The van der Waals surface area contributed by atoms with Crippen molar-refractivity contribution in [2.75, 3.05) is 0 Å². The van der Waals surface area contributed by atoms with Gasteiger partial charge in [-0.25, -0.2) is 4.79 Å². The maximum absolute atomic E-state index is 10.8. The normalized spacial score (nSPS) is 11.2. The van der Waals surface area contributed by atoms with Crippen LogP contribution in [0, 0.1) is 6.92 Å². The lowest BCUT2D eigenvalue weighted by molar-refractivity contribution is 0.0696. The van der Waals surface area contributed by atoms with E-state index < -0.39 is 14.3 Å². The van der Waals surface area contributed by atoms with Crippen LogP contribution in [0.4, 0.5) is 0 Å². The van der Waals surface area contributed by atoms with Gasteiger partial charge in [0, 0.05) is 0 Å². The molecule has 0 saturated heterocycles. The van der Waals surface area contributed by atoms with Crippen molar-refractivity contribution in [1.82, 2.24) is 0 Å². The van der Waals surface area contributed by atoms with Crippen LogP contribution in [0.3, 0.4) is 0 Å². The van der Waals surface area contributed by atoms with E-state index >= 15 is 0 Å². The monoisotopic (exact) mass is 224 g/mol. The van der Waals surface area contributed by atoms with Crippen LogP contribution in [-0.4, -0.2) is 19.4 Å². The number of hydrogen-bond donors (Lipinski definition) is 1. The summed E-state index contributed by atoms with van der Waals surface area (Å²) in [4.78, 5) is 10.8. The van der Waals surface area contributed by atoms with Crippen molar-refractivity contribution in [3.05, 3.63) is 29.3 Å². The standard InChI is InChI=1S/C11H16O3Si/c1-8-5-6-9(11(12)13)7-10(8)14-15(2,3)4/h5-7H,1-4H3,(H,12,13). The number of aromatic carboxylic acids is 1. The number of hydrogen-bond acceptors (Lipinski definition) is 2. The first kappa shape index (κ1) is 11.8. The molecule has 1 N–H and O–H groups in total. The predicted octanol–water partition coefficient (Wildman–Crippen LogP) is 2.91. The van der Waals surface area contributed by atoms with Gasteiger partial charge in [-0.05, 0) is 44.3 Å². The zero-order valence-corrected chi connectivity index (χ0v) is 10.5. The van der Waals surface area contributed by atoms with E-state index in [1.807, 2.05) is 6.92 Å². The molecular formula is C11H16O3Si. The lowest BCUT2D eigenvalue weighted by Gasteiger charge is -2.21. The second kappa shape index (κ2) is 4.06. The van der Waals surface area contributed by atoms with E-state index in [4.69, 9.17) is 9.53 Å². The Balaban J connectivity index is 3.06. The van der Waals surface area contributed by atoms with Gasteiger partial charge < -0.3 is 9.53 Å². The van der Waals surface area contributed by atoms with Crippen LogP contribution in [0.15, 0.2) is 18.2 Å². The molecule has 0 radical (unpaired) electrons. The first-order valence-electron chi connectivity index (χ1n) is 4.82. The van der Waals surface area contributed by atoms with Gasteiger partial charge in [0.2, 0.25) is 8.32 Å². The third kappa shape index (κ3) is 3.40. The highest BCUT2D eigenvalue weighted by Gasteiger charge is 2.18. The fourth-order valence-electron chi connectivity index (χ4n) is 1.17. The molecule has 1 rings (SSSR count). The number of benzene rings is 1. The average molecular weight is 224 g/mol. The van der Waals surface area contributed by atoms with Gasteiger partial charge in [0.1, 0.15) is 5.75 Å². The molecule has 0 aliphatic rings. The number of rotatable bonds is 3. The van der Waals surface area contributed by atoms with Crippen molar-refractivity contribution in [3.63, 3.8) is 0 Å². The third-order valence-corrected chi connectivity index (χ3v) is 2.68. The average Bonchev–Trinajstić information content (AvgIpc) is 2.06. The summed E-state index contributed by atoms with van der Waals surface area (Å²) in [5.41, 5.74) is 1.25. The topological polar surface area (TPSA) is 46.5 Å². The number of carboxylic acids is 1. The Kier molecular flexibility index (Phi) is 3.19. The summed E-state index contributed by atoms with van der Waals surface area (Å²) < 4.78 is 5.80. The van der Waals surface area contributed by atoms with Gasteiger partial charge in [-0.3, -0.25) is 0 Å². The molecule has 1 aromatic rings. The van der Waals surface area contributed by atoms with Gasteiger partial charge in [-0.15, -0.1) is 0 Å². The van der Waals surface area contributed by atoms with Crippen LogP contribution in [-0.2, 0) is 0 Å². The maximum atomic E-state index is 10.8. The van der Waals surface area contributed by atoms with Gasteiger partial charge in [0.15, 0.2) is 0 Å². The summed E-state index contributed by atoms with van der Waals surface area (Å²) in [7, 11) is -1.68. The summed E-state index contributed by atoms with van der Waals surface area (Å²) >= 11 is 0. The Labute approximate surface area is 90.8 Å². The van der Waals surface area contributed by atoms with Crippen molar-refractivity contribution in [2.45, 2.75) is 26.6 Å². The zero-order valence-electron chi connectivity index (χ0n) is 9.50. The highest BCUT2D eigenvalue weighted by molar-refractivity contribution is 6.70. The quantitative estimate of drug-likeness (QED) is 0.803. The van der Waals surface area contributed by atoms with Crippen LogP contribution < -0.4 is 4.43 Å². The largest absolute Gasteiger partial charge is 0.544 e. The van der Waals surface area contributed by atoms with Crippen LogP contribution in [0.25, 0.3) is 0 Å². The Bertz CT molecular complexity index is 380. The molecule has 0 heterocycles. The van der Waals surface area contributed by atoms with E-state index in [0.29, 0.717) is 5.75 Å². The smallest absolute Gasteiger partial charge is 0.335 e. The van der Waals surface area contributed by atoms with Crippen LogP contribution in [0.1, 0.15) is 15.9 Å². The lowest BCUT2D eigenvalue weighted by atomic mass is 10.1. The fraction of sp³-hybridized carbons (Fsp3) is 0.364. The summed E-state index contributed by atoms with van der Waals surface area (Å²) in [5.74, 6) is -0.232. The van der Waals surface area contributed by atoms with Crippen molar-refractivity contribution >= 4 is 14.3 Å². The summed E-state index contributed by atoms with van der Waals surface area (Å²) in [6, 6.07) is 4.96. The molecule has 0 aliphatic carbocycles. The van der Waals surface area contributed by atoms with Crippen molar-refractivity contribution < 1.29 is 14.3 Å². The molecular weight excluding hydrogens is 208 g/mol. The highest BCUT2D eigenvalue weighted by atomic mass is 28.4. The Morgan fingerprint density at radius 1 is 1.33 bits per heavy atom. The minimum absolute atomic E-state index is 0.272. The fourth-order valence-corrected chi connectivity index (χ4v) is 2.05. The van der Waals surface area contributed by atoms with Crippen molar-refractivity contribution in [2.24, 2.45) is 0 Å². The van der Waals surface area contributed by atoms with E-state index in [-0.39, 0.29) is 5.56 Å². The number of carbonyl (C=O) groups is 1.